The van der Waals surface area contributed by atoms with Gasteiger partial charge in [0.15, 0.2) is 0 Å². The molecule has 0 aliphatic rings. The second-order valence-corrected chi connectivity index (χ2v) is 4.02. The minimum atomic E-state index is -0.962. The summed E-state index contributed by atoms with van der Waals surface area (Å²) in [4.78, 5) is 26.4. The van der Waals surface area contributed by atoms with Crippen LogP contribution < -0.4 is 5.73 Å². The second-order valence-electron chi connectivity index (χ2n) is 4.02. The number of hydrogen-bond acceptors (Lipinski definition) is 4. The van der Waals surface area contributed by atoms with E-state index >= 15 is 0 Å². The highest BCUT2D eigenvalue weighted by molar-refractivity contribution is 5.84. The number of carbonyl (C=O) groups excluding carboxylic acids is 1. The summed E-state index contributed by atoms with van der Waals surface area (Å²) in [5.74, 6) is -1.77. The van der Waals surface area contributed by atoms with E-state index in [-0.39, 0.29) is 25.2 Å². The number of carbonyl (C=O) groups is 2. The highest BCUT2D eigenvalue weighted by Gasteiger charge is 2.22. The third kappa shape index (κ3) is 3.99. The molecule has 0 spiro atoms. The first-order chi connectivity index (χ1) is 8.04. The van der Waals surface area contributed by atoms with Crippen molar-refractivity contribution in [2.45, 2.75) is 19.3 Å². The van der Waals surface area contributed by atoms with Crippen molar-refractivity contribution in [3.8, 4) is 0 Å². The Morgan fingerprint density at radius 3 is 2.76 bits per heavy atom. The van der Waals surface area contributed by atoms with Gasteiger partial charge in [-0.3, -0.25) is 9.59 Å². The van der Waals surface area contributed by atoms with Gasteiger partial charge in [0.1, 0.15) is 5.78 Å². The number of Topliss-reactive ketones (excluding diaryl/α,β-unsaturated/α-hetero) is 1. The molecule has 6 nitrogen and oxygen atoms in total. The maximum Gasteiger partial charge on any atom is 0.307 e. The Kier molecular flexibility index (Phi) is 4.84. The van der Waals surface area contributed by atoms with Crippen molar-refractivity contribution < 1.29 is 14.7 Å². The fourth-order valence-electron chi connectivity index (χ4n) is 1.62. The molecule has 1 aromatic heterocycles. The summed E-state index contributed by atoms with van der Waals surface area (Å²) in [5, 5.41) is 9.07. The fourth-order valence-corrected chi connectivity index (χ4v) is 1.62. The van der Waals surface area contributed by atoms with Crippen molar-refractivity contribution in [1.82, 2.24) is 9.55 Å². The largest absolute Gasteiger partial charge is 0.481 e. The van der Waals surface area contributed by atoms with Crippen molar-refractivity contribution in [2.75, 3.05) is 6.54 Å². The normalized spacial score (nSPS) is 12.4. The van der Waals surface area contributed by atoms with Crippen LogP contribution in [0.4, 0.5) is 0 Å². The zero-order valence-electron chi connectivity index (χ0n) is 9.80. The molecule has 0 saturated heterocycles. The van der Waals surface area contributed by atoms with E-state index in [2.05, 4.69) is 4.98 Å². The van der Waals surface area contributed by atoms with Crippen LogP contribution in [0.3, 0.4) is 0 Å². The number of carboxylic acid groups (broad SMARTS) is 1. The number of carboxylic acids is 1. The number of aliphatic carboxylic acids is 1. The standard InChI is InChI=1S/C11H17N3O3/c1-14-7-13-6-9(14)4-8(11(16)17)5-10(15)2-3-12/h6-8H,2-5,12H2,1H3,(H,16,17)/t8-/m1/s1. The maximum absolute atomic E-state index is 11.4. The van der Waals surface area contributed by atoms with Crippen molar-refractivity contribution >= 4 is 11.8 Å². The lowest BCUT2D eigenvalue weighted by Gasteiger charge is -2.11. The van der Waals surface area contributed by atoms with E-state index in [1.807, 2.05) is 0 Å². The minimum absolute atomic E-state index is 0.0255. The molecule has 17 heavy (non-hydrogen) atoms. The molecule has 0 aromatic carbocycles. The highest BCUT2D eigenvalue weighted by Crippen LogP contribution is 2.13. The molecule has 3 N–H and O–H groups in total. The maximum atomic E-state index is 11.4. The zero-order chi connectivity index (χ0) is 12.8. The second kappa shape index (κ2) is 6.15. The van der Waals surface area contributed by atoms with Gasteiger partial charge in [-0.2, -0.15) is 0 Å². The molecule has 94 valence electrons. The van der Waals surface area contributed by atoms with Crippen LogP contribution in [0.25, 0.3) is 0 Å². The quantitative estimate of drug-likeness (QED) is 0.696. The van der Waals surface area contributed by atoms with Crippen LogP contribution in [-0.2, 0) is 23.1 Å². The molecule has 1 aromatic rings. The summed E-state index contributed by atoms with van der Waals surface area (Å²) in [6.07, 6.45) is 3.79. The number of aryl methyl sites for hydroxylation is 1. The highest BCUT2D eigenvalue weighted by atomic mass is 16.4. The third-order valence-corrected chi connectivity index (χ3v) is 2.62. The molecule has 0 aliphatic carbocycles. The molecule has 0 unspecified atom stereocenters. The average molecular weight is 239 g/mol. The molecular weight excluding hydrogens is 222 g/mol. The summed E-state index contributed by atoms with van der Waals surface area (Å²) < 4.78 is 1.75. The Morgan fingerprint density at radius 2 is 2.29 bits per heavy atom. The summed E-state index contributed by atoms with van der Waals surface area (Å²) >= 11 is 0. The van der Waals surface area contributed by atoms with Crippen LogP contribution in [0.1, 0.15) is 18.5 Å². The van der Waals surface area contributed by atoms with E-state index in [0.717, 1.165) is 5.69 Å². The van der Waals surface area contributed by atoms with E-state index in [0.29, 0.717) is 6.42 Å². The van der Waals surface area contributed by atoms with Crippen molar-refractivity contribution in [3.63, 3.8) is 0 Å². The molecule has 1 rings (SSSR count). The van der Waals surface area contributed by atoms with Crippen molar-refractivity contribution in [2.24, 2.45) is 18.7 Å². The summed E-state index contributed by atoms with van der Waals surface area (Å²) in [6, 6.07) is 0. The number of ketones is 1. The molecule has 0 saturated carbocycles. The van der Waals surface area contributed by atoms with E-state index in [1.54, 1.807) is 24.1 Å². The average Bonchev–Trinajstić information content (AvgIpc) is 2.63. The van der Waals surface area contributed by atoms with Crippen LogP contribution in [0.2, 0.25) is 0 Å². The smallest absolute Gasteiger partial charge is 0.307 e. The van der Waals surface area contributed by atoms with Gasteiger partial charge in [-0.05, 0) is 6.54 Å². The Bertz CT molecular complexity index is 400. The van der Waals surface area contributed by atoms with E-state index in [1.165, 1.54) is 0 Å². The molecule has 0 fully saturated rings. The molecule has 0 aliphatic heterocycles. The van der Waals surface area contributed by atoms with E-state index in [4.69, 9.17) is 10.8 Å². The van der Waals surface area contributed by atoms with Gasteiger partial charge < -0.3 is 15.4 Å². The lowest BCUT2D eigenvalue weighted by Crippen LogP contribution is -2.22. The lowest BCUT2D eigenvalue weighted by molar-refractivity contribution is -0.143. The molecule has 0 amide bonds. The van der Waals surface area contributed by atoms with Crippen LogP contribution in [0, 0.1) is 5.92 Å². The monoisotopic (exact) mass is 239 g/mol. The van der Waals surface area contributed by atoms with Crippen LogP contribution in [0.15, 0.2) is 12.5 Å². The number of nitrogens with two attached hydrogens (primary N) is 1. The third-order valence-electron chi connectivity index (χ3n) is 2.62. The van der Waals surface area contributed by atoms with E-state index < -0.39 is 11.9 Å². The van der Waals surface area contributed by atoms with Gasteiger partial charge >= 0.3 is 5.97 Å². The number of nitrogens with zero attached hydrogens (tertiary/aromatic N) is 2. The first-order valence-corrected chi connectivity index (χ1v) is 5.44. The number of rotatable bonds is 7. The van der Waals surface area contributed by atoms with Gasteiger partial charge in [-0.1, -0.05) is 0 Å². The number of imidazole rings is 1. The minimum Gasteiger partial charge on any atom is -0.481 e. The summed E-state index contributed by atoms with van der Waals surface area (Å²) in [7, 11) is 1.79. The first kappa shape index (κ1) is 13.4. The Labute approximate surface area is 99.4 Å². The lowest BCUT2D eigenvalue weighted by atomic mass is 9.96. The van der Waals surface area contributed by atoms with Gasteiger partial charge in [0.05, 0.1) is 12.2 Å². The van der Waals surface area contributed by atoms with E-state index in [9.17, 15) is 9.59 Å². The van der Waals surface area contributed by atoms with Gasteiger partial charge in [-0.15, -0.1) is 0 Å². The molecule has 1 heterocycles. The number of aromatic nitrogens is 2. The Morgan fingerprint density at radius 1 is 1.59 bits per heavy atom. The first-order valence-electron chi connectivity index (χ1n) is 5.44. The summed E-state index contributed by atoms with van der Waals surface area (Å²) in [6.45, 7) is 0.261. The predicted molar refractivity (Wildman–Crippen MR) is 61.3 cm³/mol. The molecule has 6 heteroatoms. The topological polar surface area (TPSA) is 98.2 Å². The predicted octanol–water partition coefficient (Wildman–Crippen LogP) is -0.0286. The van der Waals surface area contributed by atoms with Crippen LogP contribution in [-0.4, -0.2) is 33.0 Å². The van der Waals surface area contributed by atoms with Gasteiger partial charge in [0.25, 0.3) is 0 Å². The molecule has 0 bridgehead atoms. The van der Waals surface area contributed by atoms with Crippen LogP contribution >= 0.6 is 0 Å². The Hall–Kier alpha value is -1.69. The number of hydrogen-bond donors (Lipinski definition) is 2. The molecule has 1 atom stereocenters. The van der Waals surface area contributed by atoms with Crippen molar-refractivity contribution in [3.05, 3.63) is 18.2 Å². The molecule has 0 radical (unpaired) electrons. The van der Waals surface area contributed by atoms with Crippen LogP contribution in [0.5, 0.6) is 0 Å². The van der Waals surface area contributed by atoms with Crippen molar-refractivity contribution in [1.29, 1.82) is 0 Å². The Balaban J connectivity index is 2.64. The van der Waals surface area contributed by atoms with Gasteiger partial charge in [-0.25, -0.2) is 4.98 Å². The van der Waals surface area contributed by atoms with Gasteiger partial charge in [0.2, 0.25) is 0 Å². The zero-order valence-corrected chi connectivity index (χ0v) is 9.80. The SMILES string of the molecule is Cn1cncc1C[C@H](CC(=O)CCN)C(=O)O. The summed E-state index contributed by atoms with van der Waals surface area (Å²) in [5.41, 5.74) is 6.06. The molecular formula is C11H17N3O3. The fraction of sp³-hybridized carbons (Fsp3) is 0.545. The van der Waals surface area contributed by atoms with Gasteiger partial charge in [0, 0.05) is 38.2 Å².